The smallest absolute Gasteiger partial charge is 0.314 e. The Balaban J connectivity index is 1.93. The van der Waals surface area contributed by atoms with E-state index in [-0.39, 0.29) is 17.1 Å². The Morgan fingerprint density at radius 2 is 2.44 bits per heavy atom. The summed E-state index contributed by atoms with van der Waals surface area (Å²) in [6.45, 7) is 1.45. The van der Waals surface area contributed by atoms with E-state index in [1.165, 1.54) is 0 Å². The van der Waals surface area contributed by atoms with Gasteiger partial charge in [-0.3, -0.25) is 4.79 Å². The van der Waals surface area contributed by atoms with Gasteiger partial charge in [0, 0.05) is 0 Å². The van der Waals surface area contributed by atoms with Crippen molar-refractivity contribution in [1.29, 1.82) is 0 Å². The summed E-state index contributed by atoms with van der Waals surface area (Å²) in [6, 6.07) is 0. The van der Waals surface area contributed by atoms with E-state index in [4.69, 9.17) is 19.1 Å². The molecular weight excluding hydrogens is 236 g/mol. The molecule has 2 rings (SSSR count). The Hall–Kier alpha value is -1.12. The van der Waals surface area contributed by atoms with Gasteiger partial charge in [0.25, 0.3) is 5.22 Å². The number of aliphatic carboxylic acids is 1. The number of thioether (sulfide) groups is 1. The molecule has 88 valence electrons. The van der Waals surface area contributed by atoms with Crippen LogP contribution in [0.1, 0.15) is 11.9 Å². The minimum absolute atomic E-state index is 0.107. The van der Waals surface area contributed by atoms with Gasteiger partial charge in [0.1, 0.15) is 11.9 Å². The molecule has 0 radical (unpaired) electrons. The van der Waals surface area contributed by atoms with Crippen LogP contribution in [0, 0.1) is 0 Å². The fraction of sp³-hybridized carbons (Fsp3) is 0.625. The number of aromatic nitrogens is 2. The molecule has 0 spiro atoms. The first kappa shape index (κ1) is 11.4. The van der Waals surface area contributed by atoms with E-state index in [2.05, 4.69) is 10.1 Å². The second-order valence-corrected chi connectivity index (χ2v) is 3.96. The molecule has 0 bridgehead atoms. The lowest BCUT2D eigenvalue weighted by Crippen LogP contribution is -2.22. The zero-order valence-electron chi connectivity index (χ0n) is 8.29. The van der Waals surface area contributed by atoms with Gasteiger partial charge in [0.15, 0.2) is 0 Å². The predicted octanol–water partition coefficient (Wildman–Crippen LogP) is 0.334. The first-order valence-electron chi connectivity index (χ1n) is 4.63. The second-order valence-electron chi connectivity index (χ2n) is 3.04. The van der Waals surface area contributed by atoms with Gasteiger partial charge in [-0.15, -0.1) is 0 Å². The topological polar surface area (TPSA) is 94.7 Å². The van der Waals surface area contributed by atoms with E-state index in [1.807, 2.05) is 0 Å². The number of carboxylic acid groups (broad SMARTS) is 1. The lowest BCUT2D eigenvalue weighted by atomic mass is 10.3. The maximum Gasteiger partial charge on any atom is 0.314 e. The van der Waals surface area contributed by atoms with Crippen LogP contribution >= 0.6 is 11.8 Å². The number of hydrogen-bond acceptors (Lipinski definition) is 7. The molecule has 1 aliphatic rings. The summed E-state index contributed by atoms with van der Waals surface area (Å²) in [7, 11) is 0. The molecule has 1 aliphatic heterocycles. The zero-order chi connectivity index (χ0) is 11.4. The van der Waals surface area contributed by atoms with Crippen LogP contribution in [0.3, 0.4) is 0 Å². The lowest BCUT2D eigenvalue weighted by Gasteiger charge is -2.19. The maximum absolute atomic E-state index is 10.3. The van der Waals surface area contributed by atoms with Crippen LogP contribution in [0.2, 0.25) is 0 Å². The highest BCUT2D eigenvalue weighted by molar-refractivity contribution is 7.99. The first-order valence-corrected chi connectivity index (χ1v) is 5.62. The molecule has 2 heterocycles. The molecule has 0 saturated carbocycles. The van der Waals surface area contributed by atoms with Crippen molar-refractivity contribution < 1.29 is 23.9 Å². The molecule has 0 amide bonds. The van der Waals surface area contributed by atoms with Crippen molar-refractivity contribution in [2.24, 2.45) is 0 Å². The van der Waals surface area contributed by atoms with E-state index in [1.54, 1.807) is 0 Å². The summed E-state index contributed by atoms with van der Waals surface area (Å²) in [5, 5.41) is 12.4. The molecule has 1 atom stereocenters. The van der Waals surface area contributed by atoms with Gasteiger partial charge in [-0.1, -0.05) is 16.9 Å². The Kier molecular flexibility index (Phi) is 3.75. The number of hydrogen-bond donors (Lipinski definition) is 1. The summed E-state index contributed by atoms with van der Waals surface area (Å²) in [4.78, 5) is 14.3. The SMILES string of the molecule is O=C(O)CSc1nc(C2COCCO2)no1. The summed E-state index contributed by atoms with van der Waals surface area (Å²) < 4.78 is 15.4. The van der Waals surface area contributed by atoms with Crippen molar-refractivity contribution in [3.05, 3.63) is 5.82 Å². The van der Waals surface area contributed by atoms with E-state index < -0.39 is 5.97 Å². The minimum Gasteiger partial charge on any atom is -0.481 e. The summed E-state index contributed by atoms with van der Waals surface area (Å²) in [5.41, 5.74) is 0. The van der Waals surface area contributed by atoms with Crippen LogP contribution in [-0.4, -0.2) is 46.8 Å². The number of carbonyl (C=O) groups is 1. The highest BCUT2D eigenvalue weighted by atomic mass is 32.2. The predicted molar refractivity (Wildman–Crippen MR) is 52.2 cm³/mol. The summed E-state index contributed by atoms with van der Waals surface area (Å²) in [6.07, 6.45) is -0.323. The largest absolute Gasteiger partial charge is 0.481 e. The highest BCUT2D eigenvalue weighted by Gasteiger charge is 2.22. The van der Waals surface area contributed by atoms with Crippen molar-refractivity contribution >= 4 is 17.7 Å². The van der Waals surface area contributed by atoms with Gasteiger partial charge >= 0.3 is 5.97 Å². The third kappa shape index (κ3) is 2.94. The van der Waals surface area contributed by atoms with Crippen molar-refractivity contribution in [2.45, 2.75) is 11.3 Å². The van der Waals surface area contributed by atoms with E-state index in [0.717, 1.165) is 11.8 Å². The lowest BCUT2D eigenvalue weighted by molar-refractivity contribution is -0.133. The molecule has 7 nitrogen and oxygen atoms in total. The number of nitrogens with zero attached hydrogens (tertiary/aromatic N) is 2. The monoisotopic (exact) mass is 246 g/mol. The molecule has 0 aliphatic carbocycles. The minimum atomic E-state index is -0.929. The number of rotatable bonds is 4. The Labute approximate surface area is 95.1 Å². The Morgan fingerprint density at radius 3 is 3.12 bits per heavy atom. The molecule has 1 aromatic rings. The molecule has 1 aromatic heterocycles. The quantitative estimate of drug-likeness (QED) is 0.759. The van der Waals surface area contributed by atoms with E-state index >= 15 is 0 Å². The second kappa shape index (κ2) is 5.28. The van der Waals surface area contributed by atoms with Crippen LogP contribution in [0.15, 0.2) is 9.75 Å². The summed E-state index contributed by atoms with van der Waals surface area (Å²) >= 11 is 0.977. The molecule has 0 aromatic carbocycles. The molecule has 1 unspecified atom stereocenters. The van der Waals surface area contributed by atoms with E-state index in [9.17, 15) is 4.79 Å². The maximum atomic E-state index is 10.3. The fourth-order valence-corrected chi connectivity index (χ4v) is 1.66. The van der Waals surface area contributed by atoms with Crippen molar-refractivity contribution in [2.75, 3.05) is 25.6 Å². The van der Waals surface area contributed by atoms with Crippen molar-refractivity contribution in [1.82, 2.24) is 10.1 Å². The first-order chi connectivity index (χ1) is 7.75. The van der Waals surface area contributed by atoms with Crippen LogP contribution in [0.4, 0.5) is 0 Å². The highest BCUT2D eigenvalue weighted by Crippen LogP contribution is 2.21. The van der Waals surface area contributed by atoms with Gasteiger partial charge in [-0.25, -0.2) is 0 Å². The molecular formula is C8H10N2O5S. The van der Waals surface area contributed by atoms with Gasteiger partial charge < -0.3 is 19.1 Å². The summed E-state index contributed by atoms with van der Waals surface area (Å²) in [5.74, 6) is -0.640. The standard InChI is InChI=1S/C8H10N2O5S/c11-6(12)4-16-8-9-7(10-15-8)5-3-13-1-2-14-5/h5H,1-4H2,(H,11,12). The average molecular weight is 246 g/mol. The third-order valence-electron chi connectivity index (χ3n) is 1.85. The molecule has 1 saturated heterocycles. The van der Waals surface area contributed by atoms with Gasteiger partial charge in [-0.05, 0) is 0 Å². The van der Waals surface area contributed by atoms with Gasteiger partial charge in [0.2, 0.25) is 5.82 Å². The van der Waals surface area contributed by atoms with Crippen molar-refractivity contribution in [3.63, 3.8) is 0 Å². The van der Waals surface area contributed by atoms with Crippen LogP contribution in [0.25, 0.3) is 0 Å². The normalized spacial score (nSPS) is 20.9. The van der Waals surface area contributed by atoms with Crippen LogP contribution < -0.4 is 0 Å². The van der Waals surface area contributed by atoms with Crippen LogP contribution in [-0.2, 0) is 14.3 Å². The molecule has 1 N–H and O–H groups in total. The fourth-order valence-electron chi connectivity index (χ4n) is 1.17. The number of carboxylic acids is 1. The molecule has 16 heavy (non-hydrogen) atoms. The van der Waals surface area contributed by atoms with Gasteiger partial charge in [0.05, 0.1) is 19.8 Å². The Morgan fingerprint density at radius 1 is 1.56 bits per heavy atom. The van der Waals surface area contributed by atoms with E-state index in [0.29, 0.717) is 25.6 Å². The molecule has 1 fully saturated rings. The third-order valence-corrected chi connectivity index (χ3v) is 2.65. The van der Waals surface area contributed by atoms with Crippen LogP contribution in [0.5, 0.6) is 0 Å². The average Bonchev–Trinajstić information content (AvgIpc) is 2.76. The molecule has 8 heteroatoms. The number of ether oxygens (including phenoxy) is 2. The zero-order valence-corrected chi connectivity index (χ0v) is 9.11. The van der Waals surface area contributed by atoms with Gasteiger partial charge in [-0.2, -0.15) is 4.98 Å². The van der Waals surface area contributed by atoms with Crippen molar-refractivity contribution in [3.8, 4) is 0 Å². The Bertz CT molecular complexity index is 363.